The van der Waals surface area contributed by atoms with Gasteiger partial charge >= 0.3 is 0 Å². The highest BCUT2D eigenvalue weighted by Gasteiger charge is 2.36. The highest BCUT2D eigenvalue weighted by atomic mass is 35.5. The van der Waals surface area contributed by atoms with Crippen LogP contribution >= 0.6 is 11.6 Å². The summed E-state index contributed by atoms with van der Waals surface area (Å²) in [6.07, 6.45) is 4.25. The molecule has 0 saturated carbocycles. The van der Waals surface area contributed by atoms with Crippen molar-refractivity contribution in [3.63, 3.8) is 0 Å². The summed E-state index contributed by atoms with van der Waals surface area (Å²) in [5, 5.41) is 0.876. The van der Waals surface area contributed by atoms with Crippen LogP contribution in [0, 0.1) is 0 Å². The van der Waals surface area contributed by atoms with Crippen LogP contribution in [0.5, 0.6) is 0 Å². The van der Waals surface area contributed by atoms with Crippen molar-refractivity contribution in [1.29, 1.82) is 0 Å². The first-order valence-corrected chi connectivity index (χ1v) is 5.58. The molecule has 1 aliphatic rings. The fourth-order valence-electron chi connectivity index (χ4n) is 1.79. The maximum atomic E-state index is 6.06. The maximum absolute atomic E-state index is 6.06. The third-order valence-electron chi connectivity index (χ3n) is 2.75. The Bertz CT molecular complexity index is 311. The molecule has 14 heavy (non-hydrogen) atoms. The zero-order valence-electron chi connectivity index (χ0n) is 8.37. The van der Waals surface area contributed by atoms with Gasteiger partial charge in [0, 0.05) is 5.02 Å². The summed E-state index contributed by atoms with van der Waals surface area (Å²) in [4.78, 5) is 0. The van der Waals surface area contributed by atoms with Gasteiger partial charge in [-0.3, -0.25) is 0 Å². The van der Waals surface area contributed by atoms with Crippen molar-refractivity contribution in [2.75, 3.05) is 0 Å². The van der Waals surface area contributed by atoms with Crippen LogP contribution in [0.1, 0.15) is 25.3 Å². The fourth-order valence-corrected chi connectivity index (χ4v) is 2.02. The van der Waals surface area contributed by atoms with Crippen molar-refractivity contribution < 1.29 is 4.74 Å². The normalized spacial score (nSPS) is 25.0. The summed E-state index contributed by atoms with van der Waals surface area (Å²) in [6, 6.07) is 8.04. The summed E-state index contributed by atoms with van der Waals surface area (Å²) in [6.45, 7) is 2.17. The average molecular weight is 211 g/mol. The Kier molecular flexibility index (Phi) is 3.09. The van der Waals surface area contributed by atoms with Crippen molar-refractivity contribution >= 4 is 11.6 Å². The highest BCUT2D eigenvalue weighted by molar-refractivity contribution is 6.31. The van der Waals surface area contributed by atoms with Gasteiger partial charge in [0.1, 0.15) is 0 Å². The summed E-state index contributed by atoms with van der Waals surface area (Å²) >= 11 is 6.06. The van der Waals surface area contributed by atoms with E-state index in [0.717, 1.165) is 24.3 Å². The SMILES string of the molecule is CCC1OC1CCc1ccccc1Cl. The number of aryl methyl sites for hydroxylation is 1. The van der Waals surface area contributed by atoms with Crippen molar-refractivity contribution in [2.24, 2.45) is 0 Å². The van der Waals surface area contributed by atoms with Crippen molar-refractivity contribution in [2.45, 2.75) is 38.4 Å². The summed E-state index contributed by atoms with van der Waals surface area (Å²) < 4.78 is 5.48. The van der Waals surface area contributed by atoms with E-state index in [1.54, 1.807) is 0 Å². The van der Waals surface area contributed by atoms with Crippen LogP contribution in [0.25, 0.3) is 0 Å². The van der Waals surface area contributed by atoms with Crippen LogP contribution in [0.3, 0.4) is 0 Å². The summed E-state index contributed by atoms with van der Waals surface area (Å²) in [7, 11) is 0. The molecule has 1 fully saturated rings. The lowest BCUT2D eigenvalue weighted by molar-refractivity contribution is 0.360. The van der Waals surface area contributed by atoms with Gasteiger partial charge in [0.15, 0.2) is 0 Å². The Labute approximate surface area is 90.0 Å². The van der Waals surface area contributed by atoms with Gasteiger partial charge in [-0.05, 0) is 30.9 Å². The van der Waals surface area contributed by atoms with E-state index in [-0.39, 0.29) is 0 Å². The summed E-state index contributed by atoms with van der Waals surface area (Å²) in [5.41, 5.74) is 1.24. The lowest BCUT2D eigenvalue weighted by Gasteiger charge is -2.01. The van der Waals surface area contributed by atoms with Crippen LogP contribution in [0.15, 0.2) is 24.3 Å². The summed E-state index contributed by atoms with van der Waals surface area (Å²) in [5.74, 6) is 0. The Hall–Kier alpha value is -0.530. The molecule has 0 aromatic heterocycles. The third kappa shape index (κ3) is 2.28. The molecule has 2 rings (SSSR count). The molecule has 0 aliphatic carbocycles. The van der Waals surface area contributed by atoms with Crippen LogP contribution in [0.2, 0.25) is 5.02 Å². The molecule has 1 aliphatic heterocycles. The largest absolute Gasteiger partial charge is 0.370 e. The molecule has 1 aromatic rings. The second-order valence-corrected chi connectivity index (χ2v) is 4.16. The van der Waals surface area contributed by atoms with Gasteiger partial charge < -0.3 is 4.74 Å². The molecule has 0 amide bonds. The molecule has 2 unspecified atom stereocenters. The van der Waals surface area contributed by atoms with Crippen LogP contribution < -0.4 is 0 Å². The first-order chi connectivity index (χ1) is 6.81. The fraction of sp³-hybridized carbons (Fsp3) is 0.500. The molecule has 2 atom stereocenters. The van der Waals surface area contributed by atoms with E-state index >= 15 is 0 Å². The lowest BCUT2D eigenvalue weighted by atomic mass is 10.1. The molecule has 1 aromatic carbocycles. The number of epoxide rings is 1. The zero-order chi connectivity index (χ0) is 9.97. The van der Waals surface area contributed by atoms with E-state index in [1.165, 1.54) is 5.56 Å². The third-order valence-corrected chi connectivity index (χ3v) is 3.11. The molecule has 0 spiro atoms. The molecule has 0 bridgehead atoms. The van der Waals surface area contributed by atoms with E-state index in [0.29, 0.717) is 12.2 Å². The van der Waals surface area contributed by atoms with Crippen LogP contribution in [0.4, 0.5) is 0 Å². The topological polar surface area (TPSA) is 12.5 Å². The Balaban J connectivity index is 1.84. The molecule has 2 heteroatoms. The highest BCUT2D eigenvalue weighted by Crippen LogP contribution is 2.30. The second-order valence-electron chi connectivity index (χ2n) is 3.75. The van der Waals surface area contributed by atoms with Crippen molar-refractivity contribution in [3.8, 4) is 0 Å². The van der Waals surface area contributed by atoms with Gasteiger partial charge in [-0.15, -0.1) is 0 Å². The number of ether oxygens (including phenoxy) is 1. The van der Waals surface area contributed by atoms with Gasteiger partial charge in [0.25, 0.3) is 0 Å². The van der Waals surface area contributed by atoms with Gasteiger partial charge in [0.05, 0.1) is 12.2 Å². The van der Waals surface area contributed by atoms with E-state index in [4.69, 9.17) is 16.3 Å². The number of hydrogen-bond donors (Lipinski definition) is 0. The molecule has 0 N–H and O–H groups in total. The predicted octanol–water partition coefficient (Wildman–Crippen LogP) is 3.45. The number of rotatable bonds is 4. The smallest absolute Gasteiger partial charge is 0.0845 e. The quantitative estimate of drug-likeness (QED) is 0.694. The molecule has 0 radical (unpaired) electrons. The first-order valence-electron chi connectivity index (χ1n) is 5.20. The first kappa shape index (κ1) is 10.0. The molecule has 1 heterocycles. The van der Waals surface area contributed by atoms with Gasteiger partial charge in [-0.1, -0.05) is 36.7 Å². The molecule has 1 saturated heterocycles. The minimum absolute atomic E-state index is 0.483. The number of hydrogen-bond acceptors (Lipinski definition) is 1. The number of benzene rings is 1. The maximum Gasteiger partial charge on any atom is 0.0845 e. The van der Waals surface area contributed by atoms with E-state index in [1.807, 2.05) is 18.2 Å². The van der Waals surface area contributed by atoms with E-state index < -0.39 is 0 Å². The average Bonchev–Trinajstić information content (AvgIpc) is 2.95. The lowest BCUT2D eigenvalue weighted by Crippen LogP contribution is -1.95. The minimum Gasteiger partial charge on any atom is -0.370 e. The van der Waals surface area contributed by atoms with E-state index in [9.17, 15) is 0 Å². The standard InChI is InChI=1S/C12H15ClO/c1-2-11-12(14-11)8-7-9-5-3-4-6-10(9)13/h3-6,11-12H,2,7-8H2,1H3. The zero-order valence-corrected chi connectivity index (χ0v) is 9.13. The van der Waals surface area contributed by atoms with Crippen molar-refractivity contribution in [1.82, 2.24) is 0 Å². The van der Waals surface area contributed by atoms with Crippen LogP contribution in [-0.4, -0.2) is 12.2 Å². The molecular weight excluding hydrogens is 196 g/mol. The molecule has 76 valence electrons. The second kappa shape index (κ2) is 4.33. The monoisotopic (exact) mass is 210 g/mol. The predicted molar refractivity (Wildman–Crippen MR) is 58.7 cm³/mol. The van der Waals surface area contributed by atoms with Crippen LogP contribution in [-0.2, 0) is 11.2 Å². The van der Waals surface area contributed by atoms with Gasteiger partial charge in [0.2, 0.25) is 0 Å². The molecule has 1 nitrogen and oxygen atoms in total. The Morgan fingerprint density at radius 3 is 2.71 bits per heavy atom. The minimum atomic E-state index is 0.483. The van der Waals surface area contributed by atoms with Crippen molar-refractivity contribution in [3.05, 3.63) is 34.9 Å². The van der Waals surface area contributed by atoms with Gasteiger partial charge in [-0.2, -0.15) is 0 Å². The van der Waals surface area contributed by atoms with E-state index in [2.05, 4.69) is 13.0 Å². The Morgan fingerprint density at radius 1 is 1.29 bits per heavy atom. The van der Waals surface area contributed by atoms with Gasteiger partial charge in [-0.25, -0.2) is 0 Å². The Morgan fingerprint density at radius 2 is 2.07 bits per heavy atom. The number of halogens is 1. The molecular formula is C12H15ClO.